The number of hydrogen-bond acceptors (Lipinski definition) is 5. The van der Waals surface area contributed by atoms with Crippen LogP contribution in [-0.4, -0.2) is 21.0 Å². The number of rotatable bonds is 6. The summed E-state index contributed by atoms with van der Waals surface area (Å²) >= 11 is 12.4. The molecule has 5 nitrogen and oxygen atoms in total. The molecule has 0 bridgehead atoms. The van der Waals surface area contributed by atoms with Gasteiger partial charge in [-0.05, 0) is 37.6 Å². The Morgan fingerprint density at radius 2 is 1.85 bits per heavy atom. The molecule has 2 N–H and O–H groups in total. The highest BCUT2D eigenvalue weighted by Crippen LogP contribution is 2.32. The molecule has 3 rings (SSSR count). The smallest absolute Gasteiger partial charge is 0.225 e. The summed E-state index contributed by atoms with van der Waals surface area (Å²) in [5.74, 6) is 1.18. The van der Waals surface area contributed by atoms with E-state index in [1.54, 1.807) is 18.5 Å². The van der Waals surface area contributed by atoms with Crippen LogP contribution in [0.5, 0.6) is 0 Å². The zero-order valence-corrected chi connectivity index (χ0v) is 16.0. The van der Waals surface area contributed by atoms with Crippen molar-refractivity contribution in [2.24, 2.45) is 0 Å². The standard InChI is InChI=1S/C19H19Cl2N5/c1-3-12(2)23-19-25-16(13-7-9-22-10-8-13)11-17(26-19)24-15-6-4-5-14(20)18(15)21/h4-12H,3H2,1-2H3,(H2,23,24,25,26)/t12-/m1/s1. The third-order valence-electron chi connectivity index (χ3n) is 3.90. The second-order valence-corrected chi connectivity index (χ2v) is 6.66. The topological polar surface area (TPSA) is 62.7 Å². The number of hydrogen-bond donors (Lipinski definition) is 2. The lowest BCUT2D eigenvalue weighted by Crippen LogP contribution is -2.16. The predicted octanol–water partition coefficient (Wildman–Crippen LogP) is 5.80. The van der Waals surface area contributed by atoms with Crippen molar-refractivity contribution < 1.29 is 0 Å². The Labute approximate surface area is 162 Å². The molecule has 1 aromatic carbocycles. The maximum atomic E-state index is 6.28. The van der Waals surface area contributed by atoms with Gasteiger partial charge in [-0.1, -0.05) is 36.2 Å². The van der Waals surface area contributed by atoms with E-state index >= 15 is 0 Å². The molecule has 0 saturated heterocycles. The Balaban J connectivity index is 2.00. The number of halogens is 2. The number of nitrogens with one attached hydrogen (secondary N) is 2. The molecule has 0 unspecified atom stereocenters. The van der Waals surface area contributed by atoms with Crippen LogP contribution in [0.25, 0.3) is 11.3 Å². The molecule has 7 heteroatoms. The van der Waals surface area contributed by atoms with Gasteiger partial charge in [0.2, 0.25) is 5.95 Å². The fraction of sp³-hybridized carbons (Fsp3) is 0.211. The Hall–Kier alpha value is -2.37. The van der Waals surface area contributed by atoms with E-state index in [1.165, 1.54) is 0 Å². The lowest BCUT2D eigenvalue weighted by molar-refractivity contribution is 0.753. The average molecular weight is 388 g/mol. The van der Waals surface area contributed by atoms with E-state index in [-0.39, 0.29) is 6.04 Å². The van der Waals surface area contributed by atoms with Gasteiger partial charge in [0, 0.05) is 30.1 Å². The summed E-state index contributed by atoms with van der Waals surface area (Å²) in [5.41, 5.74) is 2.43. The van der Waals surface area contributed by atoms with Crippen molar-refractivity contribution in [3.63, 3.8) is 0 Å². The number of benzene rings is 1. The van der Waals surface area contributed by atoms with Gasteiger partial charge in [0.05, 0.1) is 21.4 Å². The molecular weight excluding hydrogens is 369 g/mol. The molecule has 2 aromatic heterocycles. The molecule has 0 amide bonds. The minimum Gasteiger partial charge on any atom is -0.352 e. The van der Waals surface area contributed by atoms with Crippen LogP contribution in [-0.2, 0) is 0 Å². The molecule has 1 atom stereocenters. The highest BCUT2D eigenvalue weighted by molar-refractivity contribution is 6.43. The van der Waals surface area contributed by atoms with Gasteiger partial charge in [-0.2, -0.15) is 4.98 Å². The van der Waals surface area contributed by atoms with Gasteiger partial charge in [0.15, 0.2) is 0 Å². The van der Waals surface area contributed by atoms with Crippen LogP contribution in [0, 0.1) is 0 Å². The van der Waals surface area contributed by atoms with E-state index in [9.17, 15) is 0 Å². The maximum Gasteiger partial charge on any atom is 0.225 e. The minimum atomic E-state index is 0.255. The number of nitrogens with zero attached hydrogens (tertiary/aromatic N) is 3. The fourth-order valence-corrected chi connectivity index (χ4v) is 2.65. The second kappa shape index (κ2) is 8.34. The van der Waals surface area contributed by atoms with Crippen LogP contribution in [0.2, 0.25) is 10.0 Å². The van der Waals surface area contributed by atoms with Gasteiger partial charge in [-0.25, -0.2) is 4.98 Å². The summed E-state index contributed by atoms with van der Waals surface area (Å²) in [6, 6.07) is 11.4. The molecule has 134 valence electrons. The summed E-state index contributed by atoms with van der Waals surface area (Å²) < 4.78 is 0. The van der Waals surface area contributed by atoms with Crippen molar-refractivity contribution in [1.29, 1.82) is 0 Å². The summed E-state index contributed by atoms with van der Waals surface area (Å²) in [6.07, 6.45) is 4.44. The fourth-order valence-electron chi connectivity index (χ4n) is 2.31. The Morgan fingerprint density at radius 1 is 1.08 bits per heavy atom. The molecule has 2 heterocycles. The van der Waals surface area contributed by atoms with E-state index in [0.29, 0.717) is 27.5 Å². The molecule has 0 aliphatic carbocycles. The number of aromatic nitrogens is 3. The summed E-state index contributed by atoms with van der Waals surface area (Å²) in [4.78, 5) is 13.2. The molecule has 0 aliphatic rings. The zero-order chi connectivity index (χ0) is 18.5. The first kappa shape index (κ1) is 18.4. The van der Waals surface area contributed by atoms with Crippen molar-refractivity contribution in [3.8, 4) is 11.3 Å². The monoisotopic (exact) mass is 387 g/mol. The third-order valence-corrected chi connectivity index (χ3v) is 4.72. The van der Waals surface area contributed by atoms with Crippen LogP contribution >= 0.6 is 23.2 Å². The van der Waals surface area contributed by atoms with Crippen molar-refractivity contribution in [1.82, 2.24) is 15.0 Å². The quantitative estimate of drug-likeness (QED) is 0.559. The van der Waals surface area contributed by atoms with E-state index < -0.39 is 0 Å². The normalized spacial score (nSPS) is 11.8. The first-order chi connectivity index (χ1) is 12.6. The molecule has 3 aromatic rings. The van der Waals surface area contributed by atoms with Gasteiger partial charge in [-0.15, -0.1) is 0 Å². The lowest BCUT2D eigenvalue weighted by atomic mass is 10.2. The Bertz CT molecular complexity index is 886. The van der Waals surface area contributed by atoms with Crippen LogP contribution in [0.15, 0.2) is 48.8 Å². The van der Waals surface area contributed by atoms with Gasteiger partial charge < -0.3 is 10.6 Å². The number of anilines is 3. The van der Waals surface area contributed by atoms with E-state index in [1.807, 2.05) is 30.3 Å². The van der Waals surface area contributed by atoms with Crippen molar-refractivity contribution in [2.45, 2.75) is 26.3 Å². The largest absolute Gasteiger partial charge is 0.352 e. The highest BCUT2D eigenvalue weighted by atomic mass is 35.5. The molecule has 0 radical (unpaired) electrons. The highest BCUT2D eigenvalue weighted by Gasteiger charge is 2.11. The van der Waals surface area contributed by atoms with E-state index in [4.69, 9.17) is 23.2 Å². The summed E-state index contributed by atoms with van der Waals surface area (Å²) in [5, 5.41) is 7.49. The van der Waals surface area contributed by atoms with Crippen LogP contribution < -0.4 is 10.6 Å². The summed E-state index contributed by atoms with van der Waals surface area (Å²) in [6.45, 7) is 4.19. The van der Waals surface area contributed by atoms with Crippen LogP contribution in [0.3, 0.4) is 0 Å². The molecule has 0 fully saturated rings. The van der Waals surface area contributed by atoms with Crippen LogP contribution in [0.1, 0.15) is 20.3 Å². The maximum absolute atomic E-state index is 6.28. The molecule has 0 spiro atoms. The van der Waals surface area contributed by atoms with E-state index in [0.717, 1.165) is 17.7 Å². The van der Waals surface area contributed by atoms with Crippen LogP contribution in [0.4, 0.5) is 17.5 Å². The van der Waals surface area contributed by atoms with Crippen molar-refractivity contribution in [2.75, 3.05) is 10.6 Å². The minimum absolute atomic E-state index is 0.255. The summed E-state index contributed by atoms with van der Waals surface area (Å²) in [7, 11) is 0. The Kier molecular flexibility index (Phi) is 5.91. The molecule has 0 aliphatic heterocycles. The molecule has 0 saturated carbocycles. The molecule has 26 heavy (non-hydrogen) atoms. The van der Waals surface area contributed by atoms with E-state index in [2.05, 4.69) is 39.4 Å². The molecular formula is C19H19Cl2N5. The van der Waals surface area contributed by atoms with Gasteiger partial charge >= 0.3 is 0 Å². The number of pyridine rings is 1. The first-order valence-corrected chi connectivity index (χ1v) is 9.09. The van der Waals surface area contributed by atoms with Gasteiger partial charge in [0.1, 0.15) is 5.82 Å². The third kappa shape index (κ3) is 4.42. The second-order valence-electron chi connectivity index (χ2n) is 5.88. The first-order valence-electron chi connectivity index (χ1n) is 8.34. The van der Waals surface area contributed by atoms with Gasteiger partial charge in [0.25, 0.3) is 0 Å². The van der Waals surface area contributed by atoms with Gasteiger partial charge in [-0.3, -0.25) is 4.98 Å². The SMILES string of the molecule is CC[C@@H](C)Nc1nc(Nc2cccc(Cl)c2Cl)cc(-c2ccncc2)n1. The zero-order valence-electron chi connectivity index (χ0n) is 14.5. The predicted molar refractivity (Wildman–Crippen MR) is 108 cm³/mol. The van der Waals surface area contributed by atoms with Crippen molar-refractivity contribution in [3.05, 3.63) is 58.8 Å². The average Bonchev–Trinajstić information content (AvgIpc) is 2.66. The van der Waals surface area contributed by atoms with Crippen molar-refractivity contribution >= 4 is 40.7 Å². The lowest BCUT2D eigenvalue weighted by Gasteiger charge is -2.15. The Morgan fingerprint density at radius 3 is 2.58 bits per heavy atom.